The Labute approximate surface area is 242 Å². The van der Waals surface area contributed by atoms with Crippen LogP contribution in [-0.2, 0) is 20.8 Å². The number of carboxylic acids is 1. The number of rotatable bonds is 11. The molecule has 0 aromatic heterocycles. The molecule has 0 radical (unpaired) electrons. The molecule has 8 nitrogen and oxygen atoms in total. The maximum absolute atomic E-state index is 13.8. The van der Waals surface area contributed by atoms with Crippen molar-refractivity contribution in [2.75, 3.05) is 19.7 Å². The van der Waals surface area contributed by atoms with Crippen LogP contribution in [0.5, 0.6) is 5.75 Å². The molecule has 0 saturated carbocycles. The van der Waals surface area contributed by atoms with E-state index in [4.69, 9.17) is 45.3 Å². The molecule has 0 bridgehead atoms. The molecule has 4 rings (SSSR count). The minimum Gasteiger partial charge on any atom is -0.492 e. The summed E-state index contributed by atoms with van der Waals surface area (Å²) < 4.78 is 6.03. The Bertz CT molecular complexity index is 1200. The van der Waals surface area contributed by atoms with E-state index in [9.17, 15) is 19.5 Å². The molecule has 2 aliphatic rings. The van der Waals surface area contributed by atoms with Gasteiger partial charge in [-0.2, -0.15) is 0 Å². The number of ketones is 1. The Kier molecular flexibility index (Phi) is 10.1. The van der Waals surface area contributed by atoms with Gasteiger partial charge in [0, 0.05) is 43.0 Å². The average molecular weight is 597 g/mol. The molecule has 0 aliphatic carbocycles. The second-order valence-corrected chi connectivity index (χ2v) is 11.4. The van der Waals surface area contributed by atoms with Crippen LogP contribution in [0.25, 0.3) is 0 Å². The maximum atomic E-state index is 13.8. The summed E-state index contributed by atoms with van der Waals surface area (Å²) in [7, 11) is 0. The molecule has 210 valence electrons. The normalized spacial score (nSPS) is 22.3. The van der Waals surface area contributed by atoms with E-state index in [0.717, 1.165) is 5.56 Å². The predicted molar refractivity (Wildman–Crippen MR) is 151 cm³/mol. The van der Waals surface area contributed by atoms with Gasteiger partial charge in [-0.1, -0.05) is 40.9 Å². The fraction of sp³-hybridized carbons (Fsp3) is 0.464. The quantitative estimate of drug-likeness (QED) is 0.394. The number of amides is 1. The van der Waals surface area contributed by atoms with Gasteiger partial charge in [0.15, 0.2) is 5.78 Å². The number of carbonyl (C=O) groups excluding carboxylic acids is 2. The third kappa shape index (κ3) is 7.64. The molecule has 1 unspecified atom stereocenters. The van der Waals surface area contributed by atoms with Crippen molar-refractivity contribution < 1.29 is 24.2 Å². The summed E-state index contributed by atoms with van der Waals surface area (Å²) in [6.07, 6.45) is 1.40. The molecule has 2 saturated heterocycles. The van der Waals surface area contributed by atoms with Crippen LogP contribution < -0.4 is 10.5 Å². The van der Waals surface area contributed by atoms with Crippen LogP contribution in [0.4, 0.5) is 0 Å². The maximum Gasteiger partial charge on any atom is 0.303 e. The van der Waals surface area contributed by atoms with Crippen LogP contribution >= 0.6 is 34.8 Å². The van der Waals surface area contributed by atoms with Crippen LogP contribution in [0.3, 0.4) is 0 Å². The van der Waals surface area contributed by atoms with E-state index in [-0.39, 0.29) is 43.0 Å². The Morgan fingerprint density at radius 3 is 2.51 bits per heavy atom. The highest BCUT2D eigenvalue weighted by Crippen LogP contribution is 2.30. The molecule has 2 aliphatic heterocycles. The second kappa shape index (κ2) is 13.3. The molecule has 2 fully saturated rings. The molecule has 2 aromatic rings. The van der Waals surface area contributed by atoms with E-state index < -0.39 is 18.1 Å². The largest absolute Gasteiger partial charge is 0.492 e. The van der Waals surface area contributed by atoms with Crippen molar-refractivity contribution in [1.82, 2.24) is 9.80 Å². The zero-order valence-electron chi connectivity index (χ0n) is 21.4. The molecule has 11 heteroatoms. The van der Waals surface area contributed by atoms with Crippen LogP contribution in [0, 0.1) is 0 Å². The number of hydrogen-bond donors (Lipinski definition) is 2. The molecule has 4 atom stereocenters. The van der Waals surface area contributed by atoms with E-state index >= 15 is 0 Å². The van der Waals surface area contributed by atoms with Crippen LogP contribution in [0.2, 0.25) is 15.1 Å². The summed E-state index contributed by atoms with van der Waals surface area (Å²) in [4.78, 5) is 42.4. The van der Waals surface area contributed by atoms with Crippen molar-refractivity contribution in [1.29, 1.82) is 0 Å². The summed E-state index contributed by atoms with van der Waals surface area (Å²) >= 11 is 18.1. The first kappa shape index (κ1) is 29.6. The number of benzene rings is 2. The van der Waals surface area contributed by atoms with Crippen LogP contribution in [0.15, 0.2) is 42.5 Å². The van der Waals surface area contributed by atoms with E-state index in [1.807, 2.05) is 0 Å². The first-order valence-electron chi connectivity index (χ1n) is 13.0. The number of carbonyl (C=O) groups is 3. The number of aliphatic carboxylic acids is 1. The third-order valence-electron chi connectivity index (χ3n) is 7.39. The SMILES string of the molecule is N[C@@H]1C[C@H]2C(=O)N([C@H](CCC(=O)O)C(=O)CCc3ccc(Cl)c(Cl)c3)CCC(COc3ccc(Cl)cc3)N2C1. The van der Waals surface area contributed by atoms with Crippen molar-refractivity contribution in [3.8, 4) is 5.75 Å². The lowest BCUT2D eigenvalue weighted by atomic mass is 9.97. The van der Waals surface area contributed by atoms with Crippen molar-refractivity contribution >= 4 is 52.5 Å². The zero-order chi connectivity index (χ0) is 28.1. The van der Waals surface area contributed by atoms with E-state index in [1.165, 1.54) is 0 Å². The first-order chi connectivity index (χ1) is 18.6. The minimum absolute atomic E-state index is 0.0476. The second-order valence-electron chi connectivity index (χ2n) is 10.1. The molecule has 2 aromatic carbocycles. The first-order valence-corrected chi connectivity index (χ1v) is 14.1. The van der Waals surface area contributed by atoms with Crippen LogP contribution in [-0.4, -0.2) is 76.4 Å². The highest BCUT2D eigenvalue weighted by molar-refractivity contribution is 6.42. The lowest BCUT2D eigenvalue weighted by Gasteiger charge is -2.32. The monoisotopic (exact) mass is 595 g/mol. The molecule has 39 heavy (non-hydrogen) atoms. The number of nitrogens with two attached hydrogens (primary N) is 1. The lowest BCUT2D eigenvalue weighted by Crippen LogP contribution is -2.51. The van der Waals surface area contributed by atoms with Gasteiger partial charge in [-0.05, 0) is 67.6 Å². The highest BCUT2D eigenvalue weighted by atomic mass is 35.5. The number of nitrogens with zero attached hydrogens (tertiary/aromatic N) is 2. The molecule has 1 amide bonds. The van der Waals surface area contributed by atoms with Crippen LogP contribution in [0.1, 0.15) is 37.7 Å². The van der Waals surface area contributed by atoms with Gasteiger partial charge in [0.05, 0.1) is 22.1 Å². The zero-order valence-corrected chi connectivity index (χ0v) is 23.7. The summed E-state index contributed by atoms with van der Waals surface area (Å²) in [5.74, 6) is -0.711. The number of carboxylic acid groups (broad SMARTS) is 1. The smallest absolute Gasteiger partial charge is 0.303 e. The number of hydrogen-bond acceptors (Lipinski definition) is 6. The Balaban J connectivity index is 1.50. The van der Waals surface area contributed by atoms with Crippen molar-refractivity contribution in [2.45, 2.75) is 62.7 Å². The van der Waals surface area contributed by atoms with Gasteiger partial charge >= 0.3 is 5.97 Å². The standard InChI is InChI=1S/C28H32Cl3N3O5/c29-18-3-5-21(6-4-18)39-16-20-11-12-33(28(38)25-14-19(32)15-34(20)25)24(8-10-27(36)37)26(35)9-2-17-1-7-22(30)23(31)13-17/h1,3-7,13,19-20,24-25H,2,8-12,14-16,32H2,(H,36,37)/t19-,20?,24-,25+/m1/s1. The van der Waals surface area contributed by atoms with Crippen molar-refractivity contribution in [3.63, 3.8) is 0 Å². The predicted octanol–water partition coefficient (Wildman–Crippen LogP) is 4.46. The van der Waals surface area contributed by atoms with Crippen molar-refractivity contribution in [2.24, 2.45) is 5.73 Å². The fourth-order valence-electron chi connectivity index (χ4n) is 5.39. The molecule has 2 heterocycles. The summed E-state index contributed by atoms with van der Waals surface area (Å²) in [6.45, 7) is 1.21. The van der Waals surface area contributed by atoms with E-state index in [1.54, 1.807) is 47.4 Å². The Morgan fingerprint density at radius 2 is 1.82 bits per heavy atom. The minimum atomic E-state index is -1.02. The summed E-state index contributed by atoms with van der Waals surface area (Å²) in [5, 5.41) is 10.8. The fourth-order valence-corrected chi connectivity index (χ4v) is 5.84. The Hall–Kier alpha value is -2.36. The highest BCUT2D eigenvalue weighted by Gasteiger charge is 2.45. The van der Waals surface area contributed by atoms with Gasteiger partial charge in [-0.25, -0.2) is 0 Å². The molecule has 0 spiro atoms. The number of Topliss-reactive ketones (excluding diaryl/α,β-unsaturated/α-hetero) is 1. The average Bonchev–Trinajstić information content (AvgIpc) is 3.24. The number of fused-ring (bicyclic) bond motifs is 1. The molecular formula is C28H32Cl3N3O5. The van der Waals surface area contributed by atoms with Gasteiger partial charge in [0.1, 0.15) is 12.4 Å². The van der Waals surface area contributed by atoms with Gasteiger partial charge in [-0.3, -0.25) is 19.3 Å². The van der Waals surface area contributed by atoms with Gasteiger partial charge in [-0.15, -0.1) is 0 Å². The number of aryl methyl sites for hydroxylation is 1. The molecular weight excluding hydrogens is 565 g/mol. The summed E-state index contributed by atoms with van der Waals surface area (Å²) in [6, 6.07) is 10.7. The number of halogens is 3. The molecule has 3 N–H and O–H groups in total. The van der Waals surface area contributed by atoms with Gasteiger partial charge < -0.3 is 20.5 Å². The number of ether oxygens (including phenoxy) is 1. The topological polar surface area (TPSA) is 113 Å². The van der Waals surface area contributed by atoms with E-state index in [2.05, 4.69) is 4.90 Å². The van der Waals surface area contributed by atoms with Crippen molar-refractivity contribution in [3.05, 3.63) is 63.1 Å². The lowest BCUT2D eigenvalue weighted by molar-refractivity contribution is -0.144. The van der Waals surface area contributed by atoms with Gasteiger partial charge in [0.25, 0.3) is 0 Å². The third-order valence-corrected chi connectivity index (χ3v) is 8.38. The van der Waals surface area contributed by atoms with Gasteiger partial charge in [0.2, 0.25) is 5.91 Å². The summed E-state index contributed by atoms with van der Waals surface area (Å²) in [5.41, 5.74) is 7.11. The Morgan fingerprint density at radius 1 is 1.08 bits per heavy atom. The van der Waals surface area contributed by atoms with E-state index in [0.29, 0.717) is 59.8 Å².